The average molecular weight is 1060 g/mol. The number of alkyl halides is 1. The Morgan fingerprint density at radius 1 is 0.986 bits per heavy atom. The Bertz CT molecular complexity index is 2190. The van der Waals surface area contributed by atoms with E-state index in [1.807, 2.05) is 37.7 Å². The number of hydrogen-bond acceptors (Lipinski definition) is 19. The first-order valence-corrected chi connectivity index (χ1v) is 27.5. The number of carbonyl (C=O) groups excluding carboxylic acids is 1. The van der Waals surface area contributed by atoms with Gasteiger partial charge in [-0.15, -0.1) is 5.10 Å². The molecule has 0 saturated carbocycles. The maximum Gasteiger partial charge on any atom is 0.311 e. The van der Waals surface area contributed by atoms with Crippen molar-refractivity contribution in [2.75, 3.05) is 47.2 Å². The number of cyclic esters (lactones) is 1. The second-order valence-electron chi connectivity index (χ2n) is 22.1. The third kappa shape index (κ3) is 14.2. The van der Waals surface area contributed by atoms with Crippen molar-refractivity contribution in [2.45, 2.75) is 209 Å². The molecule has 3 aliphatic rings. The second-order valence-corrected chi connectivity index (χ2v) is 24.1. The third-order valence-corrected chi connectivity index (χ3v) is 17.0. The predicted molar refractivity (Wildman–Crippen MR) is 266 cm³/mol. The number of aliphatic hydroxyl groups is 6. The van der Waals surface area contributed by atoms with E-state index in [0.717, 1.165) is 6.26 Å². The molecule has 0 spiro atoms. The lowest BCUT2D eigenvalue weighted by Gasteiger charge is -2.49. The maximum absolute atomic E-state index is 14.5. The summed E-state index contributed by atoms with van der Waals surface area (Å²) in [6.07, 6.45) is -8.26. The Labute approximate surface area is 431 Å². The monoisotopic (exact) mass is 1060 g/mol. The SMILES string of the molecule is CC[C@H]1OC(=O)[C@H](C)[C@@H](O[C@H]2C[C@@](C)(OC)[C@@H](O)[C@H](C)O2)[C@H](C)[C@@H](O[C@@H]2O[C@H](C)C[C@H](N(C)CCc3cn([C@H](CF)[C@H](O)c4ccc(S(C)(=O)=O)cc4)nn3)[C@H]2O)[C@](C)(O)C[C@@H](C)CN(C)[C@H](C)[C@@H](O)[C@]1(C)O. The van der Waals surface area contributed by atoms with Crippen LogP contribution < -0.4 is 0 Å². The van der Waals surface area contributed by atoms with Crippen LogP contribution in [0.1, 0.15) is 118 Å². The number of sulfone groups is 1. The minimum atomic E-state index is -3.47. The molecule has 0 aliphatic carbocycles. The highest BCUT2D eigenvalue weighted by Crippen LogP contribution is 2.40. The van der Waals surface area contributed by atoms with Gasteiger partial charge in [0.15, 0.2) is 22.4 Å². The summed E-state index contributed by atoms with van der Waals surface area (Å²) < 4.78 is 77.8. The highest BCUT2D eigenvalue weighted by molar-refractivity contribution is 7.90. The fourth-order valence-corrected chi connectivity index (χ4v) is 11.8. The summed E-state index contributed by atoms with van der Waals surface area (Å²) in [7, 11) is 1.64. The molecule has 20 nitrogen and oxygen atoms in total. The fourth-order valence-electron chi connectivity index (χ4n) is 11.1. The number of carbonyl (C=O) groups is 1. The van der Waals surface area contributed by atoms with Gasteiger partial charge in [-0.2, -0.15) is 0 Å². The van der Waals surface area contributed by atoms with E-state index >= 15 is 0 Å². The van der Waals surface area contributed by atoms with Crippen LogP contribution in [0.5, 0.6) is 0 Å². The number of aliphatic hydroxyl groups excluding tert-OH is 4. The molecular weight excluding hydrogens is 974 g/mol. The quantitative estimate of drug-likeness (QED) is 0.140. The number of halogens is 1. The number of nitrogens with zero attached hydrogens (tertiary/aromatic N) is 5. The number of likely N-dealkylation sites (N-methyl/N-ethyl adjacent to an activating group) is 2. The first-order chi connectivity index (χ1) is 33.9. The van der Waals surface area contributed by atoms with Crippen LogP contribution in [-0.4, -0.2) is 207 Å². The minimum Gasteiger partial charge on any atom is -0.459 e. The summed E-state index contributed by atoms with van der Waals surface area (Å²) in [5.74, 6) is -2.97. The van der Waals surface area contributed by atoms with E-state index in [9.17, 15) is 48.2 Å². The molecule has 5 rings (SSSR count). The summed E-state index contributed by atoms with van der Waals surface area (Å²) in [6.45, 7) is 17.0. The van der Waals surface area contributed by atoms with E-state index in [2.05, 4.69) is 10.3 Å². The van der Waals surface area contributed by atoms with Crippen LogP contribution >= 0.6 is 0 Å². The van der Waals surface area contributed by atoms with Crippen LogP contribution in [0.15, 0.2) is 35.4 Å². The number of benzene rings is 1. The standard InChI is InChI=1S/C51H86FN5O15S/c1-15-39-51(10,64)44(60)32(6)56(12)26-28(2)23-49(8,63)46(30(4)43(31(5)47(62)70-39)71-40-24-50(9,67-13)45(61)33(7)69-40)72-48-42(59)37(22-29(3)68-48)55(11)21-20-35-27-57(54-53-35)38(25-52)41(58)34-16-18-36(19-17-34)73(14,65)66/h16-19,27-33,37-46,48,58-61,63-64H,15,20-26H2,1-14H3/t28-,29-,30+,31-,32-,33+,37+,38-,39-,40+,41-,42-,43+,44-,45+,46-,48+,49-,50-,51-/m1/s1. The molecule has 3 aliphatic heterocycles. The van der Waals surface area contributed by atoms with Gasteiger partial charge in [0, 0.05) is 63.5 Å². The summed E-state index contributed by atoms with van der Waals surface area (Å²) in [5, 5.41) is 79.1. The molecule has 3 saturated heterocycles. The van der Waals surface area contributed by atoms with Crippen LogP contribution in [0.3, 0.4) is 0 Å². The molecule has 0 bridgehead atoms. The zero-order valence-corrected chi connectivity index (χ0v) is 46.1. The molecule has 73 heavy (non-hydrogen) atoms. The number of esters is 1. The first kappa shape index (κ1) is 61.0. The smallest absolute Gasteiger partial charge is 0.311 e. The van der Waals surface area contributed by atoms with Gasteiger partial charge in [-0.05, 0) is 105 Å². The molecule has 20 atom stereocenters. The van der Waals surface area contributed by atoms with Crippen LogP contribution in [0.4, 0.5) is 4.39 Å². The molecule has 1 aromatic carbocycles. The van der Waals surface area contributed by atoms with Crippen molar-refractivity contribution in [1.82, 2.24) is 24.8 Å². The molecule has 418 valence electrons. The van der Waals surface area contributed by atoms with Crippen molar-refractivity contribution in [1.29, 1.82) is 0 Å². The van der Waals surface area contributed by atoms with Crippen LogP contribution in [-0.2, 0) is 49.5 Å². The van der Waals surface area contributed by atoms with Gasteiger partial charge < -0.3 is 68.9 Å². The number of rotatable bonds is 15. The number of aromatic nitrogens is 3. The number of hydrogen-bond donors (Lipinski definition) is 6. The lowest BCUT2D eigenvalue weighted by Crippen LogP contribution is -2.61. The lowest BCUT2D eigenvalue weighted by molar-refractivity contribution is -0.318. The highest BCUT2D eigenvalue weighted by atomic mass is 32.2. The van der Waals surface area contributed by atoms with Gasteiger partial charge in [-0.25, -0.2) is 17.5 Å². The van der Waals surface area contributed by atoms with E-state index < -0.39 is 137 Å². The summed E-state index contributed by atoms with van der Waals surface area (Å²) in [6, 6.07) is 3.27. The molecule has 3 fully saturated rings. The van der Waals surface area contributed by atoms with Gasteiger partial charge in [0.2, 0.25) is 0 Å². The van der Waals surface area contributed by atoms with Gasteiger partial charge in [-0.3, -0.25) is 4.79 Å². The van der Waals surface area contributed by atoms with Gasteiger partial charge in [0.05, 0.1) is 52.1 Å². The highest BCUT2D eigenvalue weighted by Gasteiger charge is 2.53. The predicted octanol–water partition coefficient (Wildman–Crippen LogP) is 2.75. The van der Waals surface area contributed by atoms with E-state index in [-0.39, 0.29) is 30.1 Å². The van der Waals surface area contributed by atoms with Crippen LogP contribution in [0.25, 0.3) is 0 Å². The van der Waals surface area contributed by atoms with Crippen molar-refractivity contribution >= 4 is 15.8 Å². The molecule has 6 N–H and O–H groups in total. The third-order valence-electron chi connectivity index (χ3n) is 15.9. The zero-order valence-electron chi connectivity index (χ0n) is 45.2. The molecule has 4 heterocycles. The summed E-state index contributed by atoms with van der Waals surface area (Å²) in [5.41, 5.74) is -3.86. The number of ether oxygens (including phenoxy) is 6. The van der Waals surface area contributed by atoms with Gasteiger partial charge in [-0.1, -0.05) is 38.1 Å². The van der Waals surface area contributed by atoms with Crippen molar-refractivity contribution in [3.63, 3.8) is 0 Å². The van der Waals surface area contributed by atoms with Crippen molar-refractivity contribution < 1.29 is 76.7 Å². The molecule has 0 unspecified atom stereocenters. The molecule has 22 heteroatoms. The topological polar surface area (TPSA) is 265 Å². The second kappa shape index (κ2) is 24.7. The summed E-state index contributed by atoms with van der Waals surface area (Å²) in [4.78, 5) is 18.4. The fraction of sp³-hybridized carbons (Fsp3) is 0.824. The molecular formula is C51H86FN5O15S. The molecule has 0 amide bonds. The Morgan fingerprint density at radius 2 is 1.63 bits per heavy atom. The van der Waals surface area contributed by atoms with Crippen LogP contribution in [0, 0.1) is 17.8 Å². The number of methoxy groups -OCH3 is 1. The van der Waals surface area contributed by atoms with Crippen molar-refractivity contribution in [3.8, 4) is 0 Å². The Kier molecular flexibility index (Phi) is 20.6. The van der Waals surface area contributed by atoms with Gasteiger partial charge in [0.1, 0.15) is 48.8 Å². The maximum atomic E-state index is 14.5. The van der Waals surface area contributed by atoms with E-state index in [4.69, 9.17) is 28.4 Å². The Morgan fingerprint density at radius 3 is 2.22 bits per heavy atom. The molecule has 2 aromatic rings. The zero-order chi connectivity index (χ0) is 54.7. The Hall–Kier alpha value is -2.81. The normalized spacial score (nSPS) is 39.9. The van der Waals surface area contributed by atoms with E-state index in [1.165, 1.54) is 49.2 Å². The minimum absolute atomic E-state index is 0.0652. The average Bonchev–Trinajstić information content (AvgIpc) is 3.80. The lowest BCUT2D eigenvalue weighted by atomic mass is 9.77. The van der Waals surface area contributed by atoms with Gasteiger partial charge in [0.25, 0.3) is 0 Å². The Balaban J connectivity index is 1.44. The van der Waals surface area contributed by atoms with Crippen molar-refractivity contribution in [2.24, 2.45) is 17.8 Å². The van der Waals surface area contributed by atoms with Crippen molar-refractivity contribution in [3.05, 3.63) is 41.7 Å². The first-order valence-electron chi connectivity index (χ1n) is 25.6. The largest absolute Gasteiger partial charge is 0.459 e. The van der Waals surface area contributed by atoms with E-state index in [1.54, 1.807) is 48.5 Å². The van der Waals surface area contributed by atoms with Gasteiger partial charge >= 0.3 is 5.97 Å². The van der Waals surface area contributed by atoms with Crippen LogP contribution in [0.2, 0.25) is 0 Å². The molecule has 0 radical (unpaired) electrons. The molecule has 1 aromatic heterocycles. The van der Waals surface area contributed by atoms with E-state index in [0.29, 0.717) is 37.2 Å². The summed E-state index contributed by atoms with van der Waals surface area (Å²) >= 11 is 0.